The quantitative estimate of drug-likeness (QED) is 0.788. The number of nitrogens with two attached hydrogens (primary N) is 1. The third kappa shape index (κ3) is 1.29. The van der Waals surface area contributed by atoms with Crippen LogP contribution in [0.5, 0.6) is 0 Å². The summed E-state index contributed by atoms with van der Waals surface area (Å²) in [6.45, 7) is 0.474. The minimum Gasteiger partial charge on any atom is -0.391 e. The summed E-state index contributed by atoms with van der Waals surface area (Å²) in [6.07, 6.45) is 11.0. The lowest BCUT2D eigenvalue weighted by Gasteiger charge is -2.61. The Morgan fingerprint density at radius 2 is 1.47 bits per heavy atom. The monoisotopic (exact) mass is 235 g/mol. The standard InChI is InChI=1S/C15H25NO/c16-9-13(17)15(1-2-15)14-6-10-3-11(7-14)5-12(4-10)8-14/h10-13,17H,1-9,16H2. The molecule has 5 rings (SSSR count). The van der Waals surface area contributed by atoms with Crippen LogP contribution in [0.15, 0.2) is 0 Å². The molecule has 2 nitrogen and oxygen atoms in total. The van der Waals surface area contributed by atoms with Gasteiger partial charge in [-0.05, 0) is 74.5 Å². The van der Waals surface area contributed by atoms with Gasteiger partial charge in [0.1, 0.15) is 0 Å². The number of hydrogen-bond donors (Lipinski definition) is 2. The Bertz CT molecular complexity index is 299. The Morgan fingerprint density at radius 1 is 1.00 bits per heavy atom. The molecular formula is C15H25NO. The van der Waals surface area contributed by atoms with Crippen LogP contribution < -0.4 is 5.73 Å². The fraction of sp³-hybridized carbons (Fsp3) is 1.00. The summed E-state index contributed by atoms with van der Waals surface area (Å²) in [7, 11) is 0. The van der Waals surface area contributed by atoms with Crippen LogP contribution >= 0.6 is 0 Å². The van der Waals surface area contributed by atoms with Gasteiger partial charge in [-0.3, -0.25) is 0 Å². The molecule has 5 aliphatic rings. The molecular weight excluding hydrogens is 210 g/mol. The van der Waals surface area contributed by atoms with Crippen LogP contribution in [0.2, 0.25) is 0 Å². The highest BCUT2D eigenvalue weighted by Gasteiger charge is 2.67. The van der Waals surface area contributed by atoms with Gasteiger partial charge in [-0.15, -0.1) is 0 Å². The second kappa shape index (κ2) is 3.27. The first-order chi connectivity index (χ1) is 8.17. The summed E-state index contributed by atoms with van der Waals surface area (Å²) >= 11 is 0. The van der Waals surface area contributed by atoms with Crippen molar-refractivity contribution < 1.29 is 5.11 Å². The van der Waals surface area contributed by atoms with E-state index in [1.807, 2.05) is 0 Å². The van der Waals surface area contributed by atoms with E-state index in [-0.39, 0.29) is 11.5 Å². The van der Waals surface area contributed by atoms with Gasteiger partial charge in [-0.2, -0.15) is 0 Å². The molecule has 5 saturated carbocycles. The summed E-state index contributed by atoms with van der Waals surface area (Å²) < 4.78 is 0. The molecule has 5 aliphatic carbocycles. The van der Waals surface area contributed by atoms with Crippen LogP contribution in [0.3, 0.4) is 0 Å². The summed E-state index contributed by atoms with van der Waals surface area (Å²) in [5.74, 6) is 2.97. The summed E-state index contributed by atoms with van der Waals surface area (Å²) in [5.41, 5.74) is 6.52. The molecule has 1 unspecified atom stereocenters. The molecule has 3 N–H and O–H groups in total. The van der Waals surface area contributed by atoms with Crippen molar-refractivity contribution in [2.75, 3.05) is 6.54 Å². The molecule has 1 atom stereocenters. The maximum atomic E-state index is 10.4. The van der Waals surface area contributed by atoms with Gasteiger partial charge in [0.05, 0.1) is 6.10 Å². The lowest BCUT2D eigenvalue weighted by molar-refractivity contribution is -0.128. The molecule has 5 fully saturated rings. The Kier molecular flexibility index (Phi) is 2.08. The minimum absolute atomic E-state index is 0.223. The third-order valence-corrected chi connectivity index (χ3v) is 6.74. The van der Waals surface area contributed by atoms with E-state index in [1.54, 1.807) is 0 Å². The molecule has 17 heavy (non-hydrogen) atoms. The second-order valence-corrected chi connectivity index (χ2v) is 7.61. The highest BCUT2D eigenvalue weighted by Crippen LogP contribution is 2.73. The average Bonchev–Trinajstić information content (AvgIpc) is 3.07. The zero-order chi connectivity index (χ0) is 11.7. The summed E-state index contributed by atoms with van der Waals surface area (Å²) in [4.78, 5) is 0. The van der Waals surface area contributed by atoms with E-state index in [1.165, 1.54) is 51.4 Å². The van der Waals surface area contributed by atoms with Crippen molar-refractivity contribution in [1.29, 1.82) is 0 Å². The van der Waals surface area contributed by atoms with Gasteiger partial charge in [0.2, 0.25) is 0 Å². The zero-order valence-corrected chi connectivity index (χ0v) is 10.7. The van der Waals surface area contributed by atoms with Gasteiger partial charge >= 0.3 is 0 Å². The van der Waals surface area contributed by atoms with E-state index in [0.717, 1.165) is 17.8 Å². The molecule has 0 radical (unpaired) electrons. The van der Waals surface area contributed by atoms with Gasteiger partial charge in [0, 0.05) is 12.0 Å². The zero-order valence-electron chi connectivity index (χ0n) is 10.7. The number of aliphatic hydroxyl groups excluding tert-OH is 1. The molecule has 0 heterocycles. The van der Waals surface area contributed by atoms with Crippen molar-refractivity contribution in [3.63, 3.8) is 0 Å². The normalized spacial score (nSPS) is 51.5. The van der Waals surface area contributed by atoms with Crippen molar-refractivity contribution >= 4 is 0 Å². The van der Waals surface area contributed by atoms with E-state index < -0.39 is 0 Å². The average molecular weight is 235 g/mol. The maximum absolute atomic E-state index is 10.4. The van der Waals surface area contributed by atoms with E-state index in [0.29, 0.717) is 12.0 Å². The predicted molar refractivity (Wildman–Crippen MR) is 67.3 cm³/mol. The number of rotatable bonds is 3. The van der Waals surface area contributed by atoms with Gasteiger partial charge in [-0.25, -0.2) is 0 Å². The van der Waals surface area contributed by atoms with Gasteiger partial charge in [-0.1, -0.05) is 0 Å². The van der Waals surface area contributed by atoms with Crippen LogP contribution in [0.4, 0.5) is 0 Å². The van der Waals surface area contributed by atoms with Crippen LogP contribution in [0.1, 0.15) is 51.4 Å². The van der Waals surface area contributed by atoms with Crippen molar-refractivity contribution in [2.24, 2.45) is 34.3 Å². The first kappa shape index (κ1) is 10.8. The molecule has 2 heteroatoms. The highest BCUT2D eigenvalue weighted by molar-refractivity contribution is 5.16. The Labute approximate surface area is 104 Å². The Hall–Kier alpha value is -0.0800. The molecule has 96 valence electrons. The maximum Gasteiger partial charge on any atom is 0.0723 e. The molecule has 0 aliphatic heterocycles. The molecule has 0 aromatic rings. The van der Waals surface area contributed by atoms with Crippen LogP contribution in [-0.2, 0) is 0 Å². The van der Waals surface area contributed by atoms with Gasteiger partial charge in [0.15, 0.2) is 0 Å². The van der Waals surface area contributed by atoms with E-state index >= 15 is 0 Å². The molecule has 0 spiro atoms. The molecule has 0 aromatic carbocycles. The number of hydrogen-bond acceptors (Lipinski definition) is 2. The van der Waals surface area contributed by atoms with Crippen molar-refractivity contribution in [3.05, 3.63) is 0 Å². The Morgan fingerprint density at radius 3 is 1.82 bits per heavy atom. The fourth-order valence-electron chi connectivity index (χ4n) is 6.30. The van der Waals surface area contributed by atoms with Gasteiger partial charge < -0.3 is 10.8 Å². The first-order valence-electron chi connectivity index (χ1n) is 7.56. The smallest absolute Gasteiger partial charge is 0.0723 e. The summed E-state index contributed by atoms with van der Waals surface area (Å²) in [5, 5.41) is 10.4. The molecule has 0 amide bonds. The van der Waals surface area contributed by atoms with Crippen LogP contribution in [0.25, 0.3) is 0 Å². The Balaban J connectivity index is 1.68. The third-order valence-electron chi connectivity index (χ3n) is 6.74. The fourth-order valence-corrected chi connectivity index (χ4v) is 6.30. The van der Waals surface area contributed by atoms with E-state index in [9.17, 15) is 5.11 Å². The van der Waals surface area contributed by atoms with Crippen LogP contribution in [-0.4, -0.2) is 17.8 Å². The largest absolute Gasteiger partial charge is 0.391 e. The predicted octanol–water partition coefficient (Wildman–Crippen LogP) is 2.30. The molecule has 0 saturated heterocycles. The van der Waals surface area contributed by atoms with Gasteiger partial charge in [0.25, 0.3) is 0 Å². The second-order valence-electron chi connectivity index (χ2n) is 7.61. The number of aliphatic hydroxyl groups is 1. The topological polar surface area (TPSA) is 46.2 Å². The van der Waals surface area contributed by atoms with Crippen molar-refractivity contribution in [3.8, 4) is 0 Å². The lowest BCUT2D eigenvalue weighted by atomic mass is 9.45. The highest BCUT2D eigenvalue weighted by atomic mass is 16.3. The van der Waals surface area contributed by atoms with E-state index in [4.69, 9.17) is 5.73 Å². The van der Waals surface area contributed by atoms with Crippen molar-refractivity contribution in [2.45, 2.75) is 57.5 Å². The summed E-state index contributed by atoms with van der Waals surface area (Å²) in [6, 6.07) is 0. The molecule has 0 aromatic heterocycles. The minimum atomic E-state index is -0.223. The van der Waals surface area contributed by atoms with E-state index in [2.05, 4.69) is 0 Å². The first-order valence-corrected chi connectivity index (χ1v) is 7.56. The molecule has 4 bridgehead atoms. The lowest BCUT2D eigenvalue weighted by Crippen LogP contribution is -2.54. The van der Waals surface area contributed by atoms with Crippen molar-refractivity contribution in [1.82, 2.24) is 0 Å². The van der Waals surface area contributed by atoms with Crippen LogP contribution in [0, 0.1) is 28.6 Å². The SMILES string of the molecule is NCC(O)C1(C23CC4CC(CC(C4)C2)C3)CC1.